The largest absolute Gasteiger partial charge is 0.306 e. The van der Waals surface area contributed by atoms with Gasteiger partial charge in [-0.2, -0.15) is 0 Å². The first kappa shape index (κ1) is 15.3. The van der Waals surface area contributed by atoms with Gasteiger partial charge in [-0.15, -0.1) is 0 Å². The Morgan fingerprint density at radius 3 is 2.64 bits per heavy atom. The molecule has 0 radical (unpaired) electrons. The molecule has 2 heterocycles. The first-order valence-electron chi connectivity index (χ1n) is 7.98. The summed E-state index contributed by atoms with van der Waals surface area (Å²) in [6.07, 6.45) is 6.91. The van der Waals surface area contributed by atoms with Gasteiger partial charge < -0.3 is 14.4 Å². The van der Waals surface area contributed by atoms with Crippen molar-refractivity contribution in [3.63, 3.8) is 0 Å². The molecule has 0 N–H and O–H groups in total. The van der Waals surface area contributed by atoms with Gasteiger partial charge in [0.2, 0.25) is 0 Å². The fourth-order valence-corrected chi connectivity index (χ4v) is 3.60. The van der Waals surface area contributed by atoms with Crippen molar-refractivity contribution in [2.24, 2.45) is 5.41 Å². The van der Waals surface area contributed by atoms with Crippen LogP contribution in [0.2, 0.25) is 0 Å². The summed E-state index contributed by atoms with van der Waals surface area (Å²) in [4.78, 5) is 8.98. The van der Waals surface area contributed by atoms with Crippen LogP contribution in [-0.2, 0) is 6.54 Å². The summed E-state index contributed by atoms with van der Waals surface area (Å²) >= 11 is 0. The maximum absolute atomic E-state index is 4.09. The molecule has 1 aliphatic rings. The van der Waals surface area contributed by atoms with Crippen LogP contribution in [0, 0.1) is 5.41 Å². The fourth-order valence-electron chi connectivity index (χ4n) is 3.60. The monoisotopic (exact) mass is 298 g/mol. The molecule has 1 aromatic heterocycles. The molecule has 1 aromatic carbocycles. The van der Waals surface area contributed by atoms with Gasteiger partial charge in [-0.1, -0.05) is 19.1 Å². The van der Waals surface area contributed by atoms with Crippen molar-refractivity contribution in [3.05, 3.63) is 48.5 Å². The molecule has 1 atom stereocenters. The predicted molar refractivity (Wildman–Crippen MR) is 90.1 cm³/mol. The van der Waals surface area contributed by atoms with Gasteiger partial charge in [-0.3, -0.25) is 0 Å². The Hall–Kier alpha value is -1.65. The summed E-state index contributed by atoms with van der Waals surface area (Å²) in [5.74, 6) is 0. The zero-order valence-electron chi connectivity index (χ0n) is 13.9. The third-order valence-corrected chi connectivity index (χ3v) is 4.59. The van der Waals surface area contributed by atoms with E-state index in [2.05, 4.69) is 60.1 Å². The lowest BCUT2D eigenvalue weighted by atomic mass is 9.89. The molecule has 3 rings (SSSR count). The van der Waals surface area contributed by atoms with Gasteiger partial charge >= 0.3 is 0 Å². The van der Waals surface area contributed by atoms with Crippen LogP contribution in [0.3, 0.4) is 0 Å². The Bertz CT molecular complexity index is 590. The average molecular weight is 298 g/mol. The quantitative estimate of drug-likeness (QED) is 0.848. The van der Waals surface area contributed by atoms with Crippen molar-refractivity contribution in [3.8, 4) is 5.69 Å². The average Bonchev–Trinajstić information content (AvgIpc) is 3.10. The van der Waals surface area contributed by atoms with E-state index in [4.69, 9.17) is 0 Å². The second-order valence-corrected chi connectivity index (χ2v) is 7.11. The van der Waals surface area contributed by atoms with Gasteiger partial charge in [-0.25, -0.2) is 4.98 Å². The molecule has 0 bridgehead atoms. The fraction of sp³-hybridized carbons (Fsp3) is 0.500. The van der Waals surface area contributed by atoms with Crippen LogP contribution in [0.1, 0.15) is 18.9 Å². The van der Waals surface area contributed by atoms with E-state index in [0.29, 0.717) is 5.41 Å². The van der Waals surface area contributed by atoms with E-state index in [1.54, 1.807) is 6.20 Å². The van der Waals surface area contributed by atoms with Gasteiger partial charge in [0.15, 0.2) is 0 Å². The van der Waals surface area contributed by atoms with Crippen molar-refractivity contribution in [2.45, 2.75) is 19.9 Å². The summed E-state index contributed by atoms with van der Waals surface area (Å²) in [5.41, 5.74) is 2.95. The van der Waals surface area contributed by atoms with Crippen LogP contribution in [0.4, 0.5) is 0 Å². The van der Waals surface area contributed by atoms with Crippen molar-refractivity contribution in [2.75, 3.05) is 33.7 Å². The highest BCUT2D eigenvalue weighted by molar-refractivity contribution is 5.34. The van der Waals surface area contributed by atoms with E-state index < -0.39 is 0 Å². The Kier molecular flexibility index (Phi) is 4.32. The summed E-state index contributed by atoms with van der Waals surface area (Å²) in [6, 6.07) is 8.76. The number of rotatable bonds is 5. The van der Waals surface area contributed by atoms with E-state index in [1.165, 1.54) is 25.1 Å². The summed E-state index contributed by atoms with van der Waals surface area (Å²) in [7, 11) is 4.45. The van der Waals surface area contributed by atoms with E-state index in [-0.39, 0.29) is 0 Å². The van der Waals surface area contributed by atoms with E-state index in [9.17, 15) is 0 Å². The van der Waals surface area contributed by atoms with E-state index in [0.717, 1.165) is 18.8 Å². The van der Waals surface area contributed by atoms with Gasteiger partial charge in [0.05, 0.1) is 6.33 Å². The second-order valence-electron chi connectivity index (χ2n) is 7.11. The first-order valence-corrected chi connectivity index (χ1v) is 7.98. The normalized spacial score (nSPS) is 22.5. The van der Waals surface area contributed by atoms with E-state index >= 15 is 0 Å². The van der Waals surface area contributed by atoms with Crippen molar-refractivity contribution in [1.82, 2.24) is 19.4 Å². The highest BCUT2D eigenvalue weighted by atomic mass is 15.2. The minimum absolute atomic E-state index is 0.431. The molecule has 4 heteroatoms. The third kappa shape index (κ3) is 3.57. The SMILES string of the molecule is CN1CC[C@](C)(CN(C)Cc2ccc(-n3ccnc3)cc2)C1. The Balaban J connectivity index is 1.58. The smallest absolute Gasteiger partial charge is 0.0991 e. The van der Waals surface area contributed by atoms with Crippen molar-refractivity contribution >= 4 is 0 Å². The van der Waals surface area contributed by atoms with Crippen LogP contribution in [0.5, 0.6) is 0 Å². The lowest BCUT2D eigenvalue weighted by molar-refractivity contribution is 0.190. The molecule has 1 aliphatic heterocycles. The zero-order chi connectivity index (χ0) is 15.6. The van der Waals surface area contributed by atoms with Crippen molar-refractivity contribution < 1.29 is 0 Å². The minimum Gasteiger partial charge on any atom is -0.306 e. The Morgan fingerprint density at radius 2 is 2.05 bits per heavy atom. The van der Waals surface area contributed by atoms with Crippen LogP contribution in [0.15, 0.2) is 43.0 Å². The zero-order valence-corrected chi connectivity index (χ0v) is 13.9. The molecule has 2 aromatic rings. The molecular formula is C18H26N4. The summed E-state index contributed by atoms with van der Waals surface area (Å²) < 4.78 is 2.03. The molecule has 0 spiro atoms. The van der Waals surface area contributed by atoms with E-state index in [1.807, 2.05) is 17.1 Å². The molecule has 1 fully saturated rings. The number of imidazole rings is 1. The van der Waals surface area contributed by atoms with Crippen LogP contribution < -0.4 is 0 Å². The second kappa shape index (κ2) is 6.23. The topological polar surface area (TPSA) is 24.3 Å². The number of hydrogen-bond acceptors (Lipinski definition) is 3. The Labute approximate surface area is 133 Å². The molecule has 0 aliphatic carbocycles. The number of hydrogen-bond donors (Lipinski definition) is 0. The predicted octanol–water partition coefficient (Wildman–Crippen LogP) is 2.65. The lowest BCUT2D eigenvalue weighted by Crippen LogP contribution is -2.35. The Morgan fingerprint density at radius 1 is 1.27 bits per heavy atom. The number of benzene rings is 1. The molecule has 0 amide bonds. The highest BCUT2D eigenvalue weighted by Gasteiger charge is 2.32. The van der Waals surface area contributed by atoms with Gasteiger partial charge in [0, 0.05) is 37.7 Å². The molecular weight excluding hydrogens is 272 g/mol. The third-order valence-electron chi connectivity index (χ3n) is 4.59. The maximum Gasteiger partial charge on any atom is 0.0991 e. The van der Waals surface area contributed by atoms with Gasteiger partial charge in [-0.05, 0) is 50.2 Å². The molecule has 118 valence electrons. The maximum atomic E-state index is 4.09. The van der Waals surface area contributed by atoms with Crippen LogP contribution in [-0.4, -0.2) is 53.1 Å². The van der Waals surface area contributed by atoms with Gasteiger partial charge in [0.1, 0.15) is 0 Å². The van der Waals surface area contributed by atoms with Crippen LogP contribution >= 0.6 is 0 Å². The van der Waals surface area contributed by atoms with Crippen LogP contribution in [0.25, 0.3) is 5.69 Å². The number of aromatic nitrogens is 2. The standard InChI is InChI=1S/C18H26N4/c1-18(8-10-20(2)13-18)14-21(3)12-16-4-6-17(7-5-16)22-11-9-19-15-22/h4-7,9,11,15H,8,10,12-14H2,1-3H3/t18-/m0/s1. The summed E-state index contributed by atoms with van der Waals surface area (Å²) in [6.45, 7) is 7.00. The number of nitrogens with zero attached hydrogens (tertiary/aromatic N) is 4. The molecule has 22 heavy (non-hydrogen) atoms. The molecule has 4 nitrogen and oxygen atoms in total. The van der Waals surface area contributed by atoms with Gasteiger partial charge in [0.25, 0.3) is 0 Å². The number of likely N-dealkylation sites (tertiary alicyclic amines) is 1. The highest BCUT2D eigenvalue weighted by Crippen LogP contribution is 2.29. The summed E-state index contributed by atoms with van der Waals surface area (Å²) in [5, 5.41) is 0. The molecule has 1 saturated heterocycles. The molecule has 0 saturated carbocycles. The minimum atomic E-state index is 0.431. The molecule has 0 unspecified atom stereocenters. The van der Waals surface area contributed by atoms with Crippen molar-refractivity contribution in [1.29, 1.82) is 0 Å². The lowest BCUT2D eigenvalue weighted by Gasteiger charge is -2.30. The first-order chi connectivity index (χ1) is 10.5.